The van der Waals surface area contributed by atoms with Crippen molar-refractivity contribution in [3.63, 3.8) is 0 Å². The molecule has 0 atom stereocenters. The Morgan fingerprint density at radius 3 is 2.47 bits per heavy atom. The second kappa shape index (κ2) is 9.13. The molecule has 0 fully saturated rings. The lowest BCUT2D eigenvalue weighted by atomic mass is 10.1. The Labute approximate surface area is 173 Å². The molecule has 30 heavy (non-hydrogen) atoms. The topological polar surface area (TPSA) is 98.7 Å². The third kappa shape index (κ3) is 4.27. The summed E-state index contributed by atoms with van der Waals surface area (Å²) in [7, 11) is 3.12. The molecule has 0 spiro atoms. The van der Waals surface area contributed by atoms with Crippen molar-refractivity contribution in [1.29, 1.82) is 0 Å². The number of hydrogen-bond donors (Lipinski definition) is 2. The highest BCUT2D eigenvalue weighted by Gasteiger charge is 2.16. The Hall–Kier alpha value is -3.81. The van der Waals surface area contributed by atoms with Crippen molar-refractivity contribution >= 4 is 22.7 Å². The van der Waals surface area contributed by atoms with Crippen LogP contribution in [0.1, 0.15) is 34.1 Å². The highest BCUT2D eigenvalue weighted by molar-refractivity contribution is 6.07. The molecule has 0 bridgehead atoms. The molecule has 0 aliphatic heterocycles. The standard InChI is InChI=1S/C22H23N3O5/c1-4-11-30-18-10-9-14(12-19(18)29-3)21(27)23-24-22(28)16-13-20(26)25(2)17-8-6-5-7-15(16)17/h5-10,12-13H,4,11H2,1-3H3,(H,23,27)(H,24,28). The fourth-order valence-electron chi connectivity index (χ4n) is 2.99. The number of rotatable bonds is 6. The monoisotopic (exact) mass is 409 g/mol. The van der Waals surface area contributed by atoms with Crippen molar-refractivity contribution in [3.8, 4) is 11.5 Å². The van der Waals surface area contributed by atoms with E-state index in [1.165, 1.54) is 23.8 Å². The Bertz CT molecular complexity index is 1150. The van der Waals surface area contributed by atoms with Crippen LogP contribution in [0.3, 0.4) is 0 Å². The Morgan fingerprint density at radius 1 is 1.00 bits per heavy atom. The summed E-state index contributed by atoms with van der Waals surface area (Å²) in [6.07, 6.45) is 0.842. The number of benzene rings is 2. The number of hydrazine groups is 1. The lowest BCUT2D eigenvalue weighted by molar-refractivity contribution is 0.0847. The van der Waals surface area contributed by atoms with E-state index in [0.29, 0.717) is 29.0 Å². The minimum Gasteiger partial charge on any atom is -0.493 e. The lowest BCUT2D eigenvalue weighted by Crippen LogP contribution is -2.42. The van der Waals surface area contributed by atoms with Crippen molar-refractivity contribution in [1.82, 2.24) is 15.4 Å². The number of ether oxygens (including phenoxy) is 2. The lowest BCUT2D eigenvalue weighted by Gasteiger charge is -2.13. The molecule has 2 aromatic carbocycles. The molecule has 3 aromatic rings. The maximum atomic E-state index is 12.6. The summed E-state index contributed by atoms with van der Waals surface area (Å²) in [6, 6.07) is 13.0. The number of aromatic nitrogens is 1. The van der Waals surface area contributed by atoms with Gasteiger partial charge < -0.3 is 14.0 Å². The zero-order valence-corrected chi connectivity index (χ0v) is 17.0. The van der Waals surface area contributed by atoms with Crippen LogP contribution in [-0.2, 0) is 7.05 Å². The van der Waals surface area contributed by atoms with Gasteiger partial charge in [-0.2, -0.15) is 0 Å². The molecular formula is C22H23N3O5. The van der Waals surface area contributed by atoms with Crippen molar-refractivity contribution < 1.29 is 19.1 Å². The molecule has 156 valence electrons. The molecule has 0 unspecified atom stereocenters. The van der Waals surface area contributed by atoms with E-state index in [2.05, 4.69) is 10.9 Å². The number of nitrogens with one attached hydrogen (secondary N) is 2. The Morgan fingerprint density at radius 2 is 1.73 bits per heavy atom. The molecule has 0 saturated heterocycles. The van der Waals surface area contributed by atoms with Gasteiger partial charge in [0.1, 0.15) is 0 Å². The van der Waals surface area contributed by atoms with Gasteiger partial charge >= 0.3 is 0 Å². The van der Waals surface area contributed by atoms with Crippen LogP contribution in [-0.4, -0.2) is 30.1 Å². The van der Waals surface area contributed by atoms with E-state index in [0.717, 1.165) is 6.42 Å². The molecular weight excluding hydrogens is 386 g/mol. The van der Waals surface area contributed by atoms with E-state index in [4.69, 9.17) is 9.47 Å². The molecule has 0 aliphatic carbocycles. The number of carbonyl (C=O) groups is 2. The van der Waals surface area contributed by atoms with E-state index >= 15 is 0 Å². The number of para-hydroxylation sites is 1. The first kappa shape index (κ1) is 20.9. The number of pyridine rings is 1. The van der Waals surface area contributed by atoms with Gasteiger partial charge in [-0.1, -0.05) is 25.1 Å². The first-order valence-electron chi connectivity index (χ1n) is 9.46. The van der Waals surface area contributed by atoms with E-state index in [1.807, 2.05) is 6.92 Å². The predicted octanol–water partition coefficient (Wildman–Crippen LogP) is 2.41. The molecule has 0 aliphatic rings. The average molecular weight is 409 g/mol. The Balaban J connectivity index is 1.77. The number of hydrogen-bond acceptors (Lipinski definition) is 5. The quantitative estimate of drug-likeness (QED) is 0.609. The number of amides is 2. The minimum atomic E-state index is -0.591. The average Bonchev–Trinajstić information content (AvgIpc) is 2.78. The van der Waals surface area contributed by atoms with Gasteiger partial charge in [0.05, 0.1) is 24.8 Å². The summed E-state index contributed by atoms with van der Waals surface area (Å²) in [5, 5.41) is 0.602. The molecule has 2 N–H and O–H groups in total. The smallest absolute Gasteiger partial charge is 0.270 e. The summed E-state index contributed by atoms with van der Waals surface area (Å²) in [5.41, 5.74) is 5.49. The summed E-state index contributed by atoms with van der Waals surface area (Å²) >= 11 is 0. The third-order valence-electron chi connectivity index (χ3n) is 4.58. The second-order valence-electron chi connectivity index (χ2n) is 6.59. The van der Waals surface area contributed by atoms with E-state index in [9.17, 15) is 14.4 Å². The number of aryl methyl sites for hydroxylation is 1. The molecule has 3 rings (SSSR count). The summed E-state index contributed by atoms with van der Waals surface area (Å²) < 4.78 is 12.3. The van der Waals surface area contributed by atoms with Crippen molar-refractivity contribution in [2.24, 2.45) is 7.05 Å². The fourth-order valence-corrected chi connectivity index (χ4v) is 2.99. The molecule has 0 radical (unpaired) electrons. The zero-order valence-electron chi connectivity index (χ0n) is 17.0. The van der Waals surface area contributed by atoms with Gasteiger partial charge in [-0.3, -0.25) is 25.2 Å². The first-order chi connectivity index (χ1) is 14.5. The molecule has 0 saturated carbocycles. The number of fused-ring (bicyclic) bond motifs is 1. The van der Waals surface area contributed by atoms with Gasteiger partial charge in [0.2, 0.25) is 0 Å². The summed E-state index contributed by atoms with van der Waals surface area (Å²) in [5.74, 6) is -0.171. The van der Waals surface area contributed by atoms with E-state index < -0.39 is 11.8 Å². The van der Waals surface area contributed by atoms with Gasteiger partial charge in [-0.05, 0) is 30.7 Å². The van der Waals surface area contributed by atoms with Gasteiger partial charge in [0, 0.05) is 24.1 Å². The van der Waals surface area contributed by atoms with Crippen LogP contribution < -0.4 is 25.9 Å². The molecule has 2 amide bonds. The fraction of sp³-hybridized carbons (Fsp3) is 0.227. The van der Waals surface area contributed by atoms with Gasteiger partial charge in [0.15, 0.2) is 11.5 Å². The van der Waals surface area contributed by atoms with Crippen molar-refractivity contribution in [3.05, 3.63) is 70.0 Å². The number of methoxy groups -OCH3 is 1. The number of carbonyl (C=O) groups excluding carboxylic acids is 2. The number of nitrogens with zero attached hydrogens (tertiary/aromatic N) is 1. The van der Waals surface area contributed by atoms with Crippen LogP contribution >= 0.6 is 0 Å². The zero-order chi connectivity index (χ0) is 21.7. The van der Waals surface area contributed by atoms with E-state index in [1.54, 1.807) is 43.4 Å². The van der Waals surface area contributed by atoms with Crippen LogP contribution in [0.2, 0.25) is 0 Å². The summed E-state index contributed by atoms with van der Waals surface area (Å²) in [4.78, 5) is 37.3. The van der Waals surface area contributed by atoms with Crippen LogP contribution in [0, 0.1) is 0 Å². The van der Waals surface area contributed by atoms with Gasteiger partial charge in [0.25, 0.3) is 17.4 Å². The molecule has 8 heteroatoms. The Kier molecular flexibility index (Phi) is 6.36. The van der Waals surface area contributed by atoms with Crippen molar-refractivity contribution in [2.45, 2.75) is 13.3 Å². The van der Waals surface area contributed by atoms with Crippen LogP contribution in [0.25, 0.3) is 10.9 Å². The van der Waals surface area contributed by atoms with Crippen LogP contribution in [0.15, 0.2) is 53.3 Å². The SMILES string of the molecule is CCCOc1ccc(C(=O)NNC(=O)c2cc(=O)n(C)c3ccccc23)cc1OC. The van der Waals surface area contributed by atoms with Crippen molar-refractivity contribution in [2.75, 3.05) is 13.7 Å². The molecule has 1 aromatic heterocycles. The maximum absolute atomic E-state index is 12.6. The maximum Gasteiger partial charge on any atom is 0.270 e. The van der Waals surface area contributed by atoms with Gasteiger partial charge in [-0.25, -0.2) is 0 Å². The van der Waals surface area contributed by atoms with E-state index in [-0.39, 0.29) is 16.7 Å². The highest BCUT2D eigenvalue weighted by Crippen LogP contribution is 2.28. The second-order valence-corrected chi connectivity index (χ2v) is 6.59. The third-order valence-corrected chi connectivity index (χ3v) is 4.58. The normalized spacial score (nSPS) is 10.5. The minimum absolute atomic E-state index is 0.176. The van der Waals surface area contributed by atoms with Crippen LogP contribution in [0.4, 0.5) is 0 Å². The highest BCUT2D eigenvalue weighted by atomic mass is 16.5. The summed E-state index contributed by atoms with van der Waals surface area (Å²) in [6.45, 7) is 2.52. The molecule has 8 nitrogen and oxygen atoms in total. The largest absolute Gasteiger partial charge is 0.493 e. The predicted molar refractivity (Wildman–Crippen MR) is 113 cm³/mol. The molecule has 1 heterocycles. The van der Waals surface area contributed by atoms with Gasteiger partial charge in [-0.15, -0.1) is 0 Å². The first-order valence-corrected chi connectivity index (χ1v) is 9.46. The van der Waals surface area contributed by atoms with Crippen LogP contribution in [0.5, 0.6) is 11.5 Å².